The molecule has 0 fully saturated rings. The van der Waals surface area contributed by atoms with E-state index in [9.17, 15) is 4.79 Å². The number of benzene rings is 3. The lowest BCUT2D eigenvalue weighted by Crippen LogP contribution is -2.29. The molecule has 0 spiro atoms. The summed E-state index contributed by atoms with van der Waals surface area (Å²) in [5.41, 5.74) is 5.57. The molecular weight excluding hydrogens is 438 g/mol. The molecule has 0 aliphatic carbocycles. The van der Waals surface area contributed by atoms with E-state index in [1.165, 1.54) is 11.1 Å². The summed E-state index contributed by atoms with van der Waals surface area (Å²) in [6, 6.07) is 20.3. The third-order valence-corrected chi connectivity index (χ3v) is 6.13. The maximum Gasteiger partial charge on any atom is 0.220 e. The molecule has 0 saturated carbocycles. The minimum atomic E-state index is -0.169. The van der Waals surface area contributed by atoms with Crippen LogP contribution in [-0.2, 0) is 11.2 Å². The molecule has 0 aromatic heterocycles. The summed E-state index contributed by atoms with van der Waals surface area (Å²) >= 11 is 0. The van der Waals surface area contributed by atoms with E-state index in [4.69, 9.17) is 14.2 Å². The molecule has 0 aliphatic rings. The quantitative estimate of drug-likeness (QED) is 0.311. The van der Waals surface area contributed by atoms with Gasteiger partial charge in [0.2, 0.25) is 5.91 Å². The zero-order chi connectivity index (χ0) is 25.2. The number of unbranched alkanes of at least 4 members (excludes halogenated alkanes) is 1. The Balaban J connectivity index is 1.55. The van der Waals surface area contributed by atoms with Crippen LogP contribution in [0.5, 0.6) is 17.2 Å². The standard InChI is InChI=1S/C30H37NO4/c1-6-26-27(33-4)19-25(20-28(26)34-5)35-18-8-7-9-29(32)31-30(23-14-10-21(2)11-15-23)24-16-12-22(3)13-17-24/h10-17,19-20,30H,6-9,18H2,1-5H3,(H,31,32). The predicted octanol–water partition coefficient (Wildman–Crippen LogP) is 6.34. The molecule has 0 aliphatic heterocycles. The van der Waals surface area contributed by atoms with Crippen molar-refractivity contribution in [3.8, 4) is 17.2 Å². The number of hydrogen-bond acceptors (Lipinski definition) is 4. The van der Waals surface area contributed by atoms with Gasteiger partial charge >= 0.3 is 0 Å². The lowest BCUT2D eigenvalue weighted by Gasteiger charge is -2.20. The molecule has 0 radical (unpaired) electrons. The van der Waals surface area contributed by atoms with Crippen LogP contribution in [0.2, 0.25) is 0 Å². The van der Waals surface area contributed by atoms with Crippen LogP contribution in [0.4, 0.5) is 0 Å². The molecule has 3 rings (SSSR count). The first-order valence-electron chi connectivity index (χ1n) is 12.2. The summed E-state index contributed by atoms with van der Waals surface area (Å²) in [4.78, 5) is 12.8. The van der Waals surface area contributed by atoms with E-state index in [0.29, 0.717) is 18.8 Å². The minimum Gasteiger partial charge on any atom is -0.496 e. The van der Waals surface area contributed by atoms with E-state index < -0.39 is 0 Å². The number of nitrogens with one attached hydrogen (secondary N) is 1. The number of rotatable bonds is 12. The van der Waals surface area contributed by atoms with E-state index in [-0.39, 0.29) is 11.9 Å². The van der Waals surface area contributed by atoms with Crippen molar-refractivity contribution < 1.29 is 19.0 Å². The third-order valence-electron chi connectivity index (χ3n) is 6.13. The largest absolute Gasteiger partial charge is 0.496 e. The number of methoxy groups -OCH3 is 2. The van der Waals surface area contributed by atoms with Gasteiger partial charge in [-0.25, -0.2) is 0 Å². The summed E-state index contributed by atoms with van der Waals surface area (Å²) in [5.74, 6) is 2.27. The van der Waals surface area contributed by atoms with Crippen molar-refractivity contribution in [1.29, 1.82) is 0 Å². The highest BCUT2D eigenvalue weighted by Crippen LogP contribution is 2.34. The Morgan fingerprint density at radius 1 is 0.829 bits per heavy atom. The first-order chi connectivity index (χ1) is 16.9. The van der Waals surface area contributed by atoms with Crippen LogP contribution in [0.25, 0.3) is 0 Å². The second kappa shape index (κ2) is 12.8. The number of carbonyl (C=O) groups is 1. The van der Waals surface area contributed by atoms with Crippen molar-refractivity contribution in [2.24, 2.45) is 0 Å². The normalized spacial score (nSPS) is 10.8. The van der Waals surface area contributed by atoms with Gasteiger partial charge in [-0.1, -0.05) is 66.6 Å². The van der Waals surface area contributed by atoms with Crippen molar-refractivity contribution in [1.82, 2.24) is 5.32 Å². The maximum atomic E-state index is 12.8. The van der Waals surface area contributed by atoms with E-state index in [1.54, 1.807) is 14.2 Å². The number of carbonyl (C=O) groups excluding carboxylic acids is 1. The maximum absolute atomic E-state index is 12.8. The Morgan fingerprint density at radius 2 is 1.34 bits per heavy atom. The summed E-state index contributed by atoms with van der Waals surface area (Å²) in [7, 11) is 3.30. The molecule has 5 heteroatoms. The van der Waals surface area contributed by atoms with Gasteiger partial charge < -0.3 is 19.5 Å². The summed E-state index contributed by atoms with van der Waals surface area (Å²) in [6.07, 6.45) is 2.77. The van der Waals surface area contributed by atoms with Gasteiger partial charge in [0.25, 0.3) is 0 Å². The highest BCUT2D eigenvalue weighted by molar-refractivity contribution is 5.77. The van der Waals surface area contributed by atoms with Crippen LogP contribution in [0.1, 0.15) is 60.0 Å². The van der Waals surface area contributed by atoms with Gasteiger partial charge in [-0.15, -0.1) is 0 Å². The second-order valence-corrected chi connectivity index (χ2v) is 8.79. The first kappa shape index (κ1) is 26.1. The summed E-state index contributed by atoms with van der Waals surface area (Å²) in [6.45, 7) is 6.71. The zero-order valence-corrected chi connectivity index (χ0v) is 21.5. The van der Waals surface area contributed by atoms with Gasteiger partial charge in [-0.05, 0) is 44.2 Å². The fourth-order valence-corrected chi connectivity index (χ4v) is 4.08. The Bertz CT molecular complexity index is 1020. The third kappa shape index (κ3) is 7.25. The molecule has 0 heterocycles. The Labute approximate surface area is 209 Å². The zero-order valence-electron chi connectivity index (χ0n) is 21.5. The van der Waals surface area contributed by atoms with E-state index in [0.717, 1.165) is 47.5 Å². The Morgan fingerprint density at radius 3 is 1.80 bits per heavy atom. The van der Waals surface area contributed by atoms with Gasteiger partial charge in [0, 0.05) is 24.1 Å². The van der Waals surface area contributed by atoms with E-state index >= 15 is 0 Å². The molecule has 186 valence electrons. The molecule has 0 atom stereocenters. The number of aryl methyl sites for hydroxylation is 2. The van der Waals surface area contributed by atoms with E-state index in [1.807, 2.05) is 12.1 Å². The van der Waals surface area contributed by atoms with Crippen LogP contribution in [0.3, 0.4) is 0 Å². The number of amides is 1. The fraction of sp³-hybridized carbons (Fsp3) is 0.367. The van der Waals surface area contributed by atoms with Gasteiger partial charge in [0.1, 0.15) is 17.2 Å². The van der Waals surface area contributed by atoms with Crippen molar-refractivity contribution >= 4 is 5.91 Å². The molecule has 3 aromatic rings. The molecule has 35 heavy (non-hydrogen) atoms. The van der Waals surface area contributed by atoms with Crippen molar-refractivity contribution in [2.75, 3.05) is 20.8 Å². The van der Waals surface area contributed by atoms with Crippen LogP contribution in [-0.4, -0.2) is 26.7 Å². The average Bonchev–Trinajstić information content (AvgIpc) is 2.87. The van der Waals surface area contributed by atoms with E-state index in [2.05, 4.69) is 74.6 Å². The topological polar surface area (TPSA) is 56.8 Å². The fourth-order valence-electron chi connectivity index (χ4n) is 4.08. The summed E-state index contributed by atoms with van der Waals surface area (Å²) in [5, 5.41) is 3.23. The number of ether oxygens (including phenoxy) is 3. The minimum absolute atomic E-state index is 0.0341. The predicted molar refractivity (Wildman–Crippen MR) is 141 cm³/mol. The summed E-state index contributed by atoms with van der Waals surface area (Å²) < 4.78 is 16.9. The monoisotopic (exact) mass is 475 g/mol. The molecule has 0 unspecified atom stereocenters. The Kier molecular flexibility index (Phi) is 9.59. The van der Waals surface area contributed by atoms with Crippen molar-refractivity contribution in [3.05, 3.63) is 88.5 Å². The van der Waals surface area contributed by atoms with Gasteiger partial charge in [-0.2, -0.15) is 0 Å². The Hall–Kier alpha value is -3.47. The van der Waals surface area contributed by atoms with Crippen LogP contribution in [0, 0.1) is 13.8 Å². The lowest BCUT2D eigenvalue weighted by atomic mass is 9.96. The lowest BCUT2D eigenvalue weighted by molar-refractivity contribution is -0.121. The number of hydrogen-bond donors (Lipinski definition) is 1. The van der Waals surface area contributed by atoms with Crippen molar-refractivity contribution in [2.45, 2.75) is 52.5 Å². The van der Waals surface area contributed by atoms with Gasteiger partial charge in [-0.3, -0.25) is 4.79 Å². The SMILES string of the molecule is CCc1c(OC)cc(OCCCCC(=O)NC(c2ccc(C)cc2)c2ccc(C)cc2)cc1OC. The highest BCUT2D eigenvalue weighted by Gasteiger charge is 2.17. The van der Waals surface area contributed by atoms with Crippen LogP contribution in [0.15, 0.2) is 60.7 Å². The van der Waals surface area contributed by atoms with Crippen molar-refractivity contribution in [3.63, 3.8) is 0 Å². The second-order valence-electron chi connectivity index (χ2n) is 8.79. The highest BCUT2D eigenvalue weighted by atomic mass is 16.5. The van der Waals surface area contributed by atoms with Gasteiger partial charge in [0.05, 0.1) is 26.9 Å². The smallest absolute Gasteiger partial charge is 0.220 e. The molecule has 3 aromatic carbocycles. The van der Waals surface area contributed by atoms with Crippen LogP contribution >= 0.6 is 0 Å². The van der Waals surface area contributed by atoms with Crippen LogP contribution < -0.4 is 19.5 Å². The molecule has 0 saturated heterocycles. The molecule has 1 amide bonds. The first-order valence-corrected chi connectivity index (χ1v) is 12.2. The average molecular weight is 476 g/mol. The molecule has 1 N–H and O–H groups in total. The molecular formula is C30H37NO4. The molecule has 0 bridgehead atoms. The van der Waals surface area contributed by atoms with Gasteiger partial charge in [0.15, 0.2) is 0 Å². The molecule has 5 nitrogen and oxygen atoms in total.